The molecule has 3 aromatic heterocycles. The molecule has 3 nitrogen and oxygen atoms in total. The third-order valence-electron chi connectivity index (χ3n) is 7.46. The summed E-state index contributed by atoms with van der Waals surface area (Å²) in [5, 5.41) is 7.06. The minimum atomic E-state index is 0. The fraction of sp³-hybridized carbons (Fsp3) is 0. The van der Waals surface area contributed by atoms with Crippen LogP contribution >= 0.6 is 0 Å². The van der Waals surface area contributed by atoms with E-state index in [0.717, 1.165) is 55.4 Å². The molecule has 3 heterocycles. The third-order valence-corrected chi connectivity index (χ3v) is 7.46. The summed E-state index contributed by atoms with van der Waals surface area (Å²) in [6.07, 6.45) is 3.73. The minimum Gasteiger partial charge on any atom is -0.500 e. The Balaban J connectivity index is 0.000000179. The summed E-state index contributed by atoms with van der Waals surface area (Å²) in [5.74, 6) is 0. The second kappa shape index (κ2) is 11.5. The van der Waals surface area contributed by atoms with Crippen LogP contribution in [-0.2, 0) is 20.1 Å². The summed E-state index contributed by atoms with van der Waals surface area (Å²) < 4.78 is 8.34. The number of hydrogen-bond acceptors (Lipinski definition) is 2. The van der Waals surface area contributed by atoms with Gasteiger partial charge in [0.2, 0.25) is 0 Å². The number of furan rings is 1. The largest absolute Gasteiger partial charge is 3.00 e. The fourth-order valence-corrected chi connectivity index (χ4v) is 5.56. The Hall–Kier alpha value is -4.89. The van der Waals surface area contributed by atoms with Crippen molar-refractivity contribution in [3.8, 4) is 22.5 Å². The maximum atomic E-state index is 6.49. The number of rotatable bonds is 2. The SMILES string of the molecule is [CH2-]c1ccccc1-c1cccc[n+]1[CH2-].[Ir+3].[c-]1ccc2c(oc3c4ccccc4c4ccccc4c23)c1-c1ccccn1. The van der Waals surface area contributed by atoms with Crippen LogP contribution in [0, 0.1) is 20.0 Å². The molecule has 0 saturated carbocycles. The quantitative estimate of drug-likeness (QED) is 0.101. The summed E-state index contributed by atoms with van der Waals surface area (Å²) in [4.78, 5) is 4.50. The monoisotopic (exact) mass is 719 g/mol. The third kappa shape index (κ3) is 4.71. The Labute approximate surface area is 258 Å². The molecule has 0 saturated heterocycles. The van der Waals surface area contributed by atoms with Gasteiger partial charge in [-0.1, -0.05) is 95.9 Å². The van der Waals surface area contributed by atoms with Crippen molar-refractivity contribution in [3.63, 3.8) is 0 Å². The molecular weight excluding hydrogens is 693 g/mol. The van der Waals surface area contributed by atoms with E-state index in [1.165, 1.54) is 16.2 Å². The topological polar surface area (TPSA) is 29.9 Å². The van der Waals surface area contributed by atoms with E-state index in [1.807, 2.05) is 71.4 Å². The number of benzene rings is 5. The molecule has 0 aliphatic heterocycles. The molecule has 0 fully saturated rings. The number of nitrogens with zero attached hydrogens (tertiary/aromatic N) is 2. The molecule has 0 N–H and O–H groups in total. The average molecular weight is 719 g/mol. The van der Waals surface area contributed by atoms with E-state index in [1.54, 1.807) is 6.20 Å². The maximum Gasteiger partial charge on any atom is 3.00 e. The molecule has 5 aromatic carbocycles. The number of aromatic nitrogens is 2. The Bertz CT molecular complexity index is 2140. The molecule has 0 amide bonds. The van der Waals surface area contributed by atoms with Crippen LogP contribution in [-0.4, -0.2) is 4.98 Å². The standard InChI is InChI=1S/C25H14NO.C13H12N.Ir/c1-3-10-18-16(8-1)17-9-2-4-11-19(17)25-23(18)21-13-7-12-20(24(21)27-25)22-14-5-6-15-26-22;1-11-7-3-4-8-12(11)13-9-5-6-10-14(13)2;/h1-11,13-15H;3-10H,1-2H2;/q2*-1;+3. The predicted octanol–water partition coefficient (Wildman–Crippen LogP) is 9.22. The van der Waals surface area contributed by atoms with Crippen molar-refractivity contribution in [1.29, 1.82) is 0 Å². The average Bonchev–Trinajstić information content (AvgIpc) is 3.43. The van der Waals surface area contributed by atoms with Crippen molar-refractivity contribution in [1.82, 2.24) is 4.98 Å². The first-order chi connectivity index (χ1) is 20.2. The molecule has 0 unspecified atom stereocenters. The number of hydrogen-bond donors (Lipinski definition) is 0. The van der Waals surface area contributed by atoms with E-state index >= 15 is 0 Å². The van der Waals surface area contributed by atoms with E-state index in [-0.39, 0.29) is 20.1 Å². The van der Waals surface area contributed by atoms with Gasteiger partial charge in [-0.3, -0.25) is 0 Å². The Morgan fingerprint density at radius 2 is 1.31 bits per heavy atom. The van der Waals surface area contributed by atoms with Crippen molar-refractivity contribution in [2.75, 3.05) is 0 Å². The van der Waals surface area contributed by atoms with Gasteiger partial charge in [0.25, 0.3) is 0 Å². The van der Waals surface area contributed by atoms with Crippen LogP contribution in [0.1, 0.15) is 5.56 Å². The van der Waals surface area contributed by atoms with E-state index in [4.69, 9.17) is 4.42 Å². The van der Waals surface area contributed by atoms with E-state index in [9.17, 15) is 0 Å². The molecule has 0 spiro atoms. The Morgan fingerprint density at radius 3 is 2.05 bits per heavy atom. The molecule has 0 aliphatic rings. The van der Waals surface area contributed by atoms with Gasteiger partial charge < -0.3 is 14.0 Å². The zero-order chi connectivity index (χ0) is 27.8. The van der Waals surface area contributed by atoms with Crippen LogP contribution in [0.5, 0.6) is 0 Å². The predicted molar refractivity (Wildman–Crippen MR) is 168 cm³/mol. The van der Waals surface area contributed by atoms with Gasteiger partial charge in [0.1, 0.15) is 5.58 Å². The molecule has 4 heteroatoms. The summed E-state index contributed by atoms with van der Waals surface area (Å²) >= 11 is 0. The molecule has 0 radical (unpaired) electrons. The Morgan fingerprint density at radius 1 is 0.643 bits per heavy atom. The summed E-state index contributed by atoms with van der Waals surface area (Å²) in [6, 6.07) is 44.3. The molecule has 42 heavy (non-hydrogen) atoms. The molecule has 0 aliphatic carbocycles. The van der Waals surface area contributed by atoms with Crippen molar-refractivity contribution >= 4 is 43.5 Å². The zero-order valence-corrected chi connectivity index (χ0v) is 25.1. The molecule has 8 rings (SSSR count). The Kier molecular flexibility index (Phi) is 7.50. The van der Waals surface area contributed by atoms with Gasteiger partial charge >= 0.3 is 20.1 Å². The van der Waals surface area contributed by atoms with Crippen LogP contribution in [0.15, 0.2) is 138 Å². The summed E-state index contributed by atoms with van der Waals surface area (Å²) in [5.41, 5.74) is 6.77. The van der Waals surface area contributed by atoms with Crippen LogP contribution in [0.3, 0.4) is 0 Å². The normalized spacial score (nSPS) is 10.9. The van der Waals surface area contributed by atoms with E-state index in [2.05, 4.69) is 85.7 Å². The maximum absolute atomic E-state index is 6.49. The first kappa shape index (κ1) is 27.3. The smallest absolute Gasteiger partial charge is 0.500 e. The van der Waals surface area contributed by atoms with Gasteiger partial charge in [-0.25, -0.2) is 0 Å². The zero-order valence-electron chi connectivity index (χ0n) is 22.8. The number of pyridine rings is 2. The molecule has 0 atom stereocenters. The fourth-order valence-electron chi connectivity index (χ4n) is 5.56. The van der Waals surface area contributed by atoms with Crippen LogP contribution < -0.4 is 4.57 Å². The minimum absolute atomic E-state index is 0. The van der Waals surface area contributed by atoms with Gasteiger partial charge in [0.15, 0.2) is 0 Å². The van der Waals surface area contributed by atoms with Gasteiger partial charge in [-0.15, -0.1) is 35.9 Å². The molecule has 0 bridgehead atoms. The first-order valence-electron chi connectivity index (χ1n) is 13.5. The van der Waals surface area contributed by atoms with Gasteiger partial charge in [0, 0.05) is 24.0 Å². The van der Waals surface area contributed by atoms with Crippen molar-refractivity contribution < 1.29 is 29.1 Å². The van der Waals surface area contributed by atoms with Crippen LogP contribution in [0.25, 0.3) is 66.0 Å². The van der Waals surface area contributed by atoms with Crippen molar-refractivity contribution in [2.24, 2.45) is 0 Å². The summed E-state index contributed by atoms with van der Waals surface area (Å²) in [6.45, 7) is 4.00. The molecular formula is C38H26IrN2O+. The van der Waals surface area contributed by atoms with E-state index in [0.29, 0.717) is 0 Å². The molecule has 202 valence electrons. The summed E-state index contributed by atoms with van der Waals surface area (Å²) in [7, 11) is 3.93. The van der Waals surface area contributed by atoms with Gasteiger partial charge in [0.05, 0.1) is 17.5 Å². The van der Waals surface area contributed by atoms with Crippen LogP contribution in [0.4, 0.5) is 0 Å². The van der Waals surface area contributed by atoms with E-state index < -0.39 is 0 Å². The molecule has 8 aromatic rings. The van der Waals surface area contributed by atoms with Crippen molar-refractivity contribution in [3.05, 3.63) is 159 Å². The van der Waals surface area contributed by atoms with Gasteiger partial charge in [-0.05, 0) is 27.9 Å². The van der Waals surface area contributed by atoms with Gasteiger partial charge in [-0.2, -0.15) is 18.6 Å². The first-order valence-corrected chi connectivity index (χ1v) is 13.5. The second-order valence-electron chi connectivity index (χ2n) is 9.92. The number of fused-ring (bicyclic) bond motifs is 8. The second-order valence-corrected chi connectivity index (χ2v) is 9.92. The van der Waals surface area contributed by atoms with Crippen LogP contribution in [0.2, 0.25) is 0 Å². The van der Waals surface area contributed by atoms with Crippen molar-refractivity contribution in [2.45, 2.75) is 0 Å².